The van der Waals surface area contributed by atoms with E-state index in [4.69, 9.17) is 10.5 Å². The molecule has 1 heterocycles. The molecule has 0 fully saturated rings. The molecule has 2 aromatic carbocycles. The summed E-state index contributed by atoms with van der Waals surface area (Å²) in [5, 5.41) is 13.4. The van der Waals surface area contributed by atoms with Crippen molar-refractivity contribution in [2.75, 3.05) is 12.4 Å². The predicted octanol–water partition coefficient (Wildman–Crippen LogP) is 3.33. The summed E-state index contributed by atoms with van der Waals surface area (Å²) in [5.74, 6) is 0.689. The number of nitrogens with one attached hydrogen (secondary N) is 1. The maximum Gasteiger partial charge on any atom is 0.250 e. The first-order valence-corrected chi connectivity index (χ1v) is 8.33. The Morgan fingerprint density at radius 1 is 1.32 bits per heavy atom. The summed E-state index contributed by atoms with van der Waals surface area (Å²) in [5.41, 5.74) is 9.01. The zero-order valence-corrected chi connectivity index (χ0v) is 13.9. The van der Waals surface area contributed by atoms with Gasteiger partial charge in [0.25, 0.3) is 5.91 Å². The van der Waals surface area contributed by atoms with Crippen molar-refractivity contribution >= 4 is 11.6 Å². The van der Waals surface area contributed by atoms with Gasteiger partial charge in [-0.05, 0) is 41.7 Å². The molecule has 0 bridgehead atoms. The monoisotopic (exact) mass is 336 g/mol. The van der Waals surface area contributed by atoms with Gasteiger partial charge in [0.15, 0.2) is 11.5 Å². The highest BCUT2D eigenvalue weighted by molar-refractivity contribution is 5.99. The van der Waals surface area contributed by atoms with Crippen LogP contribution in [0, 0.1) is 5.92 Å². The summed E-state index contributed by atoms with van der Waals surface area (Å²) >= 11 is 0. The standard InChI is InChI=1S/C20H20N2O3/c1-25-17-10-11(8-9-16(17)23)18-13-5-2-4-12(13)14-6-3-7-15(20(21)24)19(14)22-18/h2-4,6-10,12-13,18,22-23H,5H2,1H3,(H2,21,24). The van der Waals surface area contributed by atoms with E-state index in [0.717, 1.165) is 23.2 Å². The molecule has 4 rings (SSSR count). The number of benzene rings is 2. The second-order valence-corrected chi connectivity index (χ2v) is 6.54. The number of allylic oxidation sites excluding steroid dienone is 2. The minimum absolute atomic E-state index is 0.00231. The Morgan fingerprint density at radius 2 is 2.16 bits per heavy atom. The van der Waals surface area contributed by atoms with E-state index in [1.54, 1.807) is 12.1 Å². The van der Waals surface area contributed by atoms with Gasteiger partial charge in [-0.25, -0.2) is 0 Å². The number of methoxy groups -OCH3 is 1. The average Bonchev–Trinajstić information content (AvgIpc) is 3.11. The number of carbonyl (C=O) groups excluding carboxylic acids is 1. The molecular formula is C20H20N2O3. The maximum atomic E-state index is 11.9. The summed E-state index contributed by atoms with van der Waals surface area (Å²) in [6.07, 6.45) is 5.35. The van der Waals surface area contributed by atoms with E-state index in [-0.39, 0.29) is 17.7 Å². The van der Waals surface area contributed by atoms with Crippen molar-refractivity contribution in [1.82, 2.24) is 0 Å². The average molecular weight is 336 g/mol. The molecule has 5 heteroatoms. The number of hydrogen-bond donors (Lipinski definition) is 3. The van der Waals surface area contributed by atoms with Crippen LogP contribution in [0.2, 0.25) is 0 Å². The number of carbonyl (C=O) groups is 1. The number of nitrogens with two attached hydrogens (primary N) is 1. The van der Waals surface area contributed by atoms with Crippen LogP contribution in [0.15, 0.2) is 48.6 Å². The Balaban J connectivity index is 1.83. The first-order chi connectivity index (χ1) is 12.1. The van der Waals surface area contributed by atoms with Crippen LogP contribution in [0.5, 0.6) is 11.5 Å². The smallest absolute Gasteiger partial charge is 0.250 e. The lowest BCUT2D eigenvalue weighted by atomic mass is 9.76. The van der Waals surface area contributed by atoms with Crippen molar-refractivity contribution in [2.24, 2.45) is 11.7 Å². The largest absolute Gasteiger partial charge is 0.504 e. The van der Waals surface area contributed by atoms with Crippen molar-refractivity contribution in [3.05, 3.63) is 65.2 Å². The number of phenolic OH excluding ortho intramolecular Hbond substituents is 1. The topological polar surface area (TPSA) is 84.6 Å². The highest BCUT2D eigenvalue weighted by Crippen LogP contribution is 2.51. The fraction of sp³-hybridized carbons (Fsp3) is 0.250. The summed E-state index contributed by atoms with van der Waals surface area (Å²) in [7, 11) is 1.54. The SMILES string of the molecule is COc1cc(C2Nc3c(C(N)=O)cccc3C3C=CCC32)ccc1O. The van der Waals surface area contributed by atoms with Crippen molar-refractivity contribution in [2.45, 2.75) is 18.4 Å². The number of para-hydroxylation sites is 1. The van der Waals surface area contributed by atoms with E-state index >= 15 is 0 Å². The Kier molecular flexibility index (Phi) is 3.64. The highest BCUT2D eigenvalue weighted by atomic mass is 16.5. The Labute approximate surface area is 146 Å². The molecule has 1 aliphatic heterocycles. The Hall–Kier alpha value is -2.95. The second kappa shape index (κ2) is 5.84. The third kappa shape index (κ3) is 2.43. The van der Waals surface area contributed by atoms with Crippen molar-refractivity contribution in [1.29, 1.82) is 0 Å². The lowest BCUT2D eigenvalue weighted by Crippen LogP contribution is -2.31. The van der Waals surface area contributed by atoms with Gasteiger partial charge in [-0.3, -0.25) is 4.79 Å². The first kappa shape index (κ1) is 15.6. The van der Waals surface area contributed by atoms with Gasteiger partial charge in [0.1, 0.15) is 0 Å². The van der Waals surface area contributed by atoms with Gasteiger partial charge in [-0.1, -0.05) is 30.4 Å². The van der Waals surface area contributed by atoms with Crippen LogP contribution in [-0.4, -0.2) is 18.1 Å². The van der Waals surface area contributed by atoms with Crippen LogP contribution < -0.4 is 15.8 Å². The van der Waals surface area contributed by atoms with Gasteiger partial charge >= 0.3 is 0 Å². The second-order valence-electron chi connectivity index (χ2n) is 6.54. The fourth-order valence-corrected chi connectivity index (χ4v) is 4.04. The van der Waals surface area contributed by atoms with E-state index in [9.17, 15) is 9.90 Å². The Bertz CT molecular complexity index is 875. The minimum atomic E-state index is -0.438. The van der Waals surface area contributed by atoms with Gasteiger partial charge < -0.3 is 20.9 Å². The highest BCUT2D eigenvalue weighted by Gasteiger charge is 2.39. The third-order valence-electron chi connectivity index (χ3n) is 5.23. The van der Waals surface area contributed by atoms with E-state index in [2.05, 4.69) is 23.5 Å². The molecule has 0 saturated heterocycles. The summed E-state index contributed by atoms with van der Waals surface area (Å²) in [6, 6.07) is 11.1. The normalized spacial score (nSPS) is 23.5. The zero-order valence-electron chi connectivity index (χ0n) is 13.9. The lowest BCUT2D eigenvalue weighted by Gasteiger charge is -2.38. The van der Waals surface area contributed by atoms with Gasteiger partial charge in [0, 0.05) is 5.92 Å². The number of ether oxygens (including phenoxy) is 1. The van der Waals surface area contributed by atoms with Crippen LogP contribution in [-0.2, 0) is 0 Å². The first-order valence-electron chi connectivity index (χ1n) is 8.33. The number of anilines is 1. The van der Waals surface area contributed by atoms with E-state index in [0.29, 0.717) is 17.2 Å². The van der Waals surface area contributed by atoms with E-state index < -0.39 is 5.91 Å². The molecule has 0 spiro atoms. The number of fused-ring (bicyclic) bond motifs is 3. The number of aromatic hydroxyl groups is 1. The quantitative estimate of drug-likeness (QED) is 0.751. The number of rotatable bonds is 3. The number of hydrogen-bond acceptors (Lipinski definition) is 4. The molecule has 25 heavy (non-hydrogen) atoms. The van der Waals surface area contributed by atoms with Crippen LogP contribution in [0.1, 0.15) is 39.9 Å². The number of amides is 1. The van der Waals surface area contributed by atoms with E-state index in [1.165, 1.54) is 7.11 Å². The molecule has 5 nitrogen and oxygen atoms in total. The molecule has 3 unspecified atom stereocenters. The lowest BCUT2D eigenvalue weighted by molar-refractivity contribution is 0.100. The van der Waals surface area contributed by atoms with Crippen molar-refractivity contribution in [3.8, 4) is 11.5 Å². The number of phenols is 1. The summed E-state index contributed by atoms with van der Waals surface area (Å²) < 4.78 is 5.25. The van der Waals surface area contributed by atoms with Gasteiger partial charge in [-0.2, -0.15) is 0 Å². The molecule has 128 valence electrons. The molecule has 0 saturated carbocycles. The molecule has 1 aliphatic carbocycles. The predicted molar refractivity (Wildman–Crippen MR) is 96.0 cm³/mol. The third-order valence-corrected chi connectivity index (χ3v) is 5.23. The van der Waals surface area contributed by atoms with Crippen LogP contribution in [0.4, 0.5) is 5.69 Å². The molecule has 2 aromatic rings. The molecule has 1 amide bonds. The minimum Gasteiger partial charge on any atom is -0.504 e. The van der Waals surface area contributed by atoms with Crippen molar-refractivity contribution in [3.63, 3.8) is 0 Å². The molecular weight excluding hydrogens is 316 g/mol. The fourth-order valence-electron chi connectivity index (χ4n) is 4.04. The maximum absolute atomic E-state index is 11.9. The molecule has 3 atom stereocenters. The van der Waals surface area contributed by atoms with E-state index in [1.807, 2.05) is 18.2 Å². The summed E-state index contributed by atoms with van der Waals surface area (Å²) in [6.45, 7) is 0. The molecule has 2 aliphatic rings. The molecule has 0 radical (unpaired) electrons. The molecule has 0 aromatic heterocycles. The number of primary amides is 1. The zero-order chi connectivity index (χ0) is 17.6. The molecule has 4 N–H and O–H groups in total. The summed E-state index contributed by atoms with van der Waals surface area (Å²) in [4.78, 5) is 11.9. The van der Waals surface area contributed by atoms with Crippen molar-refractivity contribution < 1.29 is 14.6 Å². The van der Waals surface area contributed by atoms with Gasteiger partial charge in [0.2, 0.25) is 0 Å². The van der Waals surface area contributed by atoms with Crippen LogP contribution in [0.25, 0.3) is 0 Å². The van der Waals surface area contributed by atoms with Gasteiger partial charge in [0.05, 0.1) is 24.4 Å². The Morgan fingerprint density at radius 3 is 2.92 bits per heavy atom. The van der Waals surface area contributed by atoms with Crippen LogP contribution in [0.3, 0.4) is 0 Å². The van der Waals surface area contributed by atoms with Crippen LogP contribution >= 0.6 is 0 Å². The van der Waals surface area contributed by atoms with Gasteiger partial charge in [-0.15, -0.1) is 0 Å².